The van der Waals surface area contributed by atoms with Crippen molar-refractivity contribution in [1.29, 1.82) is 0 Å². The number of halogens is 1. The van der Waals surface area contributed by atoms with E-state index in [0.29, 0.717) is 16.3 Å². The van der Waals surface area contributed by atoms with Gasteiger partial charge in [0, 0.05) is 12.3 Å². The van der Waals surface area contributed by atoms with Gasteiger partial charge >= 0.3 is 0 Å². The highest BCUT2D eigenvalue weighted by molar-refractivity contribution is 7.90. The Morgan fingerprint density at radius 3 is 2.29 bits per heavy atom. The van der Waals surface area contributed by atoms with Gasteiger partial charge in [-0.3, -0.25) is 4.68 Å². The third kappa shape index (κ3) is 3.28. The van der Waals surface area contributed by atoms with Crippen LogP contribution in [0.15, 0.2) is 35.4 Å². The van der Waals surface area contributed by atoms with Crippen molar-refractivity contribution in [3.05, 3.63) is 46.7 Å². The maximum atomic E-state index is 11.4. The lowest BCUT2D eigenvalue weighted by molar-refractivity contribution is 0.205. The van der Waals surface area contributed by atoms with Gasteiger partial charge < -0.3 is 5.11 Å². The van der Waals surface area contributed by atoms with Gasteiger partial charge in [-0.25, -0.2) is 8.42 Å². The molecule has 0 bridgehead atoms. The summed E-state index contributed by atoms with van der Waals surface area (Å²) in [6, 6.07) is 6.15. The van der Waals surface area contributed by atoms with E-state index in [0.717, 1.165) is 6.26 Å². The first-order chi connectivity index (χ1) is 9.71. The van der Waals surface area contributed by atoms with Crippen molar-refractivity contribution < 1.29 is 13.5 Å². The molecule has 7 heteroatoms. The van der Waals surface area contributed by atoms with E-state index in [4.69, 9.17) is 11.6 Å². The van der Waals surface area contributed by atoms with Crippen molar-refractivity contribution in [2.45, 2.75) is 30.9 Å². The Morgan fingerprint density at radius 2 is 1.81 bits per heavy atom. The van der Waals surface area contributed by atoms with E-state index >= 15 is 0 Å². The molecule has 0 aliphatic heterocycles. The molecule has 0 radical (unpaired) electrons. The molecule has 1 heterocycles. The summed E-state index contributed by atoms with van der Waals surface area (Å²) in [6.07, 6.45) is 1.67. The number of aromatic nitrogens is 2. The fraction of sp³-hybridized carbons (Fsp3) is 0.357. The van der Waals surface area contributed by atoms with Crippen LogP contribution in [0.2, 0.25) is 5.02 Å². The molecule has 1 atom stereocenters. The summed E-state index contributed by atoms with van der Waals surface area (Å²) < 4.78 is 24.5. The van der Waals surface area contributed by atoms with Gasteiger partial charge in [-0.05, 0) is 31.5 Å². The zero-order valence-corrected chi connectivity index (χ0v) is 13.6. The summed E-state index contributed by atoms with van der Waals surface area (Å²) in [4.78, 5) is 0.210. The van der Waals surface area contributed by atoms with E-state index in [1.165, 1.54) is 18.3 Å². The summed E-state index contributed by atoms with van der Waals surface area (Å²) in [7, 11) is -3.25. The highest BCUT2D eigenvalue weighted by atomic mass is 35.5. The molecule has 0 spiro atoms. The lowest BCUT2D eigenvalue weighted by Gasteiger charge is -2.17. The van der Waals surface area contributed by atoms with Crippen molar-refractivity contribution in [1.82, 2.24) is 9.78 Å². The molecule has 1 aromatic heterocycles. The fourth-order valence-corrected chi connectivity index (χ4v) is 2.94. The Kier molecular flexibility index (Phi) is 4.41. The zero-order valence-electron chi connectivity index (χ0n) is 12.0. The highest BCUT2D eigenvalue weighted by Gasteiger charge is 2.21. The molecule has 1 N–H and O–H groups in total. The standard InChI is InChI=1S/C14H17ClN2O3S/c1-9(2)17-13(12(15)8-16-17)14(18)10-4-6-11(7-5-10)21(3,19)20/h4-9,14,18H,1-3H3. The van der Waals surface area contributed by atoms with Crippen LogP contribution in [0.5, 0.6) is 0 Å². The Hall–Kier alpha value is -1.37. The van der Waals surface area contributed by atoms with Crippen LogP contribution in [0.1, 0.15) is 37.3 Å². The number of hydrogen-bond donors (Lipinski definition) is 1. The first-order valence-electron chi connectivity index (χ1n) is 6.42. The summed E-state index contributed by atoms with van der Waals surface area (Å²) in [5, 5.41) is 15.0. The quantitative estimate of drug-likeness (QED) is 0.936. The van der Waals surface area contributed by atoms with Gasteiger partial charge in [-0.15, -0.1) is 0 Å². The van der Waals surface area contributed by atoms with Gasteiger partial charge in [0.25, 0.3) is 0 Å². The Bertz CT molecular complexity index is 736. The topological polar surface area (TPSA) is 72.2 Å². The van der Waals surface area contributed by atoms with E-state index in [2.05, 4.69) is 5.10 Å². The highest BCUT2D eigenvalue weighted by Crippen LogP contribution is 2.30. The number of aliphatic hydroxyl groups is 1. The van der Waals surface area contributed by atoms with E-state index in [-0.39, 0.29) is 10.9 Å². The second kappa shape index (κ2) is 5.79. The number of aliphatic hydroxyl groups excluding tert-OH is 1. The van der Waals surface area contributed by atoms with Crippen LogP contribution in [-0.2, 0) is 9.84 Å². The van der Waals surface area contributed by atoms with E-state index < -0.39 is 15.9 Å². The summed E-state index contributed by atoms with van der Waals surface area (Å²) in [5.74, 6) is 0. The van der Waals surface area contributed by atoms with Crippen molar-refractivity contribution in [2.24, 2.45) is 0 Å². The second-order valence-corrected chi connectivity index (χ2v) is 7.58. The third-order valence-corrected chi connectivity index (χ3v) is 4.58. The number of hydrogen-bond acceptors (Lipinski definition) is 4. The fourth-order valence-electron chi connectivity index (χ4n) is 2.07. The van der Waals surface area contributed by atoms with Gasteiger partial charge in [-0.2, -0.15) is 5.10 Å². The van der Waals surface area contributed by atoms with E-state index in [1.807, 2.05) is 13.8 Å². The predicted octanol–water partition coefficient (Wildman–Crippen LogP) is 2.60. The molecule has 0 aliphatic carbocycles. The van der Waals surface area contributed by atoms with Gasteiger partial charge in [0.05, 0.1) is 21.8 Å². The molecule has 0 saturated heterocycles. The number of sulfone groups is 1. The van der Waals surface area contributed by atoms with Crippen molar-refractivity contribution >= 4 is 21.4 Å². The smallest absolute Gasteiger partial charge is 0.175 e. The lowest BCUT2D eigenvalue weighted by Crippen LogP contribution is -2.12. The molecular weight excluding hydrogens is 312 g/mol. The van der Waals surface area contributed by atoms with Crippen molar-refractivity contribution in [3.63, 3.8) is 0 Å². The van der Waals surface area contributed by atoms with Crippen LogP contribution in [0.25, 0.3) is 0 Å². The molecule has 2 aromatic rings. The largest absolute Gasteiger partial charge is 0.382 e. The normalized spacial score (nSPS) is 13.6. The van der Waals surface area contributed by atoms with Crippen LogP contribution < -0.4 is 0 Å². The molecule has 0 fully saturated rings. The SMILES string of the molecule is CC(C)n1ncc(Cl)c1C(O)c1ccc(S(C)(=O)=O)cc1. The Morgan fingerprint density at radius 1 is 1.24 bits per heavy atom. The lowest BCUT2D eigenvalue weighted by atomic mass is 10.1. The number of rotatable bonds is 4. The number of nitrogens with zero attached hydrogens (tertiary/aromatic N) is 2. The predicted molar refractivity (Wildman–Crippen MR) is 81.2 cm³/mol. The summed E-state index contributed by atoms with van der Waals surface area (Å²) in [6.45, 7) is 3.87. The van der Waals surface area contributed by atoms with Crippen LogP contribution in [0.3, 0.4) is 0 Å². The molecule has 21 heavy (non-hydrogen) atoms. The molecular formula is C14H17ClN2O3S. The molecule has 5 nitrogen and oxygen atoms in total. The molecule has 0 saturated carbocycles. The van der Waals surface area contributed by atoms with Gasteiger partial charge in [0.15, 0.2) is 9.84 Å². The van der Waals surface area contributed by atoms with Crippen molar-refractivity contribution in [2.75, 3.05) is 6.26 Å². The molecule has 0 aliphatic rings. The maximum Gasteiger partial charge on any atom is 0.175 e. The summed E-state index contributed by atoms with van der Waals surface area (Å²) in [5.41, 5.74) is 1.06. The molecule has 1 aromatic carbocycles. The third-order valence-electron chi connectivity index (χ3n) is 3.16. The van der Waals surface area contributed by atoms with E-state index in [1.54, 1.807) is 16.8 Å². The molecule has 1 unspecified atom stereocenters. The minimum atomic E-state index is -3.25. The van der Waals surface area contributed by atoms with Crippen LogP contribution >= 0.6 is 11.6 Å². The van der Waals surface area contributed by atoms with Crippen LogP contribution in [-0.4, -0.2) is 29.6 Å². The number of benzene rings is 1. The Balaban J connectivity index is 2.41. The second-order valence-electron chi connectivity index (χ2n) is 5.16. The average Bonchev–Trinajstić information content (AvgIpc) is 2.79. The van der Waals surface area contributed by atoms with Gasteiger partial charge in [0.2, 0.25) is 0 Å². The maximum absolute atomic E-state index is 11.4. The monoisotopic (exact) mass is 328 g/mol. The molecule has 2 rings (SSSR count). The molecule has 0 amide bonds. The van der Waals surface area contributed by atoms with Crippen LogP contribution in [0.4, 0.5) is 0 Å². The van der Waals surface area contributed by atoms with Gasteiger partial charge in [-0.1, -0.05) is 23.7 Å². The van der Waals surface area contributed by atoms with Crippen LogP contribution in [0, 0.1) is 0 Å². The first-order valence-corrected chi connectivity index (χ1v) is 8.69. The Labute approximate surface area is 129 Å². The minimum Gasteiger partial charge on any atom is -0.382 e. The minimum absolute atomic E-state index is 0.0532. The van der Waals surface area contributed by atoms with Crippen molar-refractivity contribution in [3.8, 4) is 0 Å². The zero-order chi connectivity index (χ0) is 15.8. The average molecular weight is 329 g/mol. The van der Waals surface area contributed by atoms with Gasteiger partial charge in [0.1, 0.15) is 6.10 Å². The molecule has 114 valence electrons. The first kappa shape index (κ1) is 16.0. The van der Waals surface area contributed by atoms with E-state index in [9.17, 15) is 13.5 Å². The summed E-state index contributed by atoms with van der Waals surface area (Å²) >= 11 is 6.10.